The summed E-state index contributed by atoms with van der Waals surface area (Å²) in [5.74, 6) is -6.34. The first kappa shape index (κ1) is 26.6. The summed E-state index contributed by atoms with van der Waals surface area (Å²) in [6, 6.07) is 1.38. The van der Waals surface area contributed by atoms with Crippen LogP contribution in [0.5, 0.6) is 11.6 Å². The van der Waals surface area contributed by atoms with Crippen LogP contribution in [0.3, 0.4) is 0 Å². The molecule has 3 aromatic heterocycles. The van der Waals surface area contributed by atoms with E-state index in [1.54, 1.807) is 0 Å². The molecular formula is C26H23ClF4N6O5. The number of carbonyl (C=O) groups excluding carboxylic acids is 1. The van der Waals surface area contributed by atoms with Gasteiger partial charge in [0.15, 0.2) is 23.3 Å². The number of hydrogen-bond donors (Lipinski definition) is 1. The smallest absolute Gasteiger partial charge is 0.280 e. The molecule has 0 aliphatic carbocycles. The number of fused-ring (bicyclic) bond motifs is 3. The quantitative estimate of drug-likeness (QED) is 0.439. The van der Waals surface area contributed by atoms with Crippen LogP contribution in [0.2, 0.25) is 5.02 Å². The van der Waals surface area contributed by atoms with Gasteiger partial charge in [0.25, 0.3) is 5.56 Å². The summed E-state index contributed by atoms with van der Waals surface area (Å²) in [4.78, 5) is 32.7. The first-order valence-corrected chi connectivity index (χ1v) is 12.7. The second-order valence-corrected chi connectivity index (χ2v) is 10.0. The summed E-state index contributed by atoms with van der Waals surface area (Å²) in [6.07, 6.45) is 0.296. The highest BCUT2D eigenvalue weighted by atomic mass is 35.5. The molecule has 1 N–H and O–H groups in total. The average Bonchev–Trinajstić information content (AvgIpc) is 3.30. The molecule has 0 bridgehead atoms. The van der Waals surface area contributed by atoms with E-state index in [9.17, 15) is 22.8 Å². The highest BCUT2D eigenvalue weighted by Gasteiger charge is 2.36. The van der Waals surface area contributed by atoms with Gasteiger partial charge in [0, 0.05) is 19.1 Å². The Balaban J connectivity index is 1.59. The van der Waals surface area contributed by atoms with Crippen LogP contribution in [-0.4, -0.2) is 56.9 Å². The Morgan fingerprint density at radius 2 is 2.02 bits per heavy atom. The van der Waals surface area contributed by atoms with Gasteiger partial charge in [0.1, 0.15) is 47.2 Å². The van der Waals surface area contributed by atoms with Crippen molar-refractivity contribution in [3.63, 3.8) is 0 Å². The number of aromatic nitrogens is 4. The SMILES string of the molecule is [2H]C([2H])(Oc1cc2n(c(=O)c1Cl)C1=C(F)C(n3cc(F)c(C(C)(C)NC(C)=O)n3)=NC[C@@H]1OCCO2)c1ncc(F)cc1F. The van der Waals surface area contributed by atoms with Crippen LogP contribution in [0, 0.1) is 17.5 Å². The van der Waals surface area contributed by atoms with Gasteiger partial charge >= 0.3 is 0 Å². The normalized spacial score (nSPS) is 18.0. The first-order valence-electron chi connectivity index (χ1n) is 13.3. The summed E-state index contributed by atoms with van der Waals surface area (Å²) < 4.78 is 93.1. The van der Waals surface area contributed by atoms with Crippen molar-refractivity contribution in [2.75, 3.05) is 19.8 Å². The van der Waals surface area contributed by atoms with Gasteiger partial charge in [-0.3, -0.25) is 19.6 Å². The Bertz CT molecular complexity index is 1790. The topological polar surface area (TPSA) is 122 Å². The van der Waals surface area contributed by atoms with Crippen molar-refractivity contribution in [2.45, 2.75) is 39.0 Å². The van der Waals surface area contributed by atoms with Crippen molar-refractivity contribution in [2.24, 2.45) is 4.99 Å². The maximum atomic E-state index is 16.3. The van der Waals surface area contributed by atoms with Crippen LogP contribution < -0.4 is 20.3 Å². The van der Waals surface area contributed by atoms with Crippen molar-refractivity contribution < 1.29 is 39.3 Å². The molecule has 2 aliphatic rings. The monoisotopic (exact) mass is 612 g/mol. The standard InChI is InChI=1S/C26H23ClF4N6O5/c1-12(38)34-26(2,3)23-15(30)10-36(35-23)24-21(31)22-18(9-33-24)40-4-5-41-19-7-17(20(27)25(39)37(19)22)42-11-16-14(29)6-13(28)8-32-16/h6-8,10,18H,4-5,9,11H2,1-3H3,(H,34,38)/t18-/m0/s1/i11D2. The van der Waals surface area contributed by atoms with Gasteiger partial charge in [-0.15, -0.1) is 0 Å². The zero-order valence-corrected chi connectivity index (χ0v) is 22.9. The van der Waals surface area contributed by atoms with Crippen LogP contribution in [-0.2, 0) is 21.6 Å². The molecule has 0 saturated carbocycles. The van der Waals surface area contributed by atoms with Gasteiger partial charge < -0.3 is 19.5 Å². The molecule has 42 heavy (non-hydrogen) atoms. The Labute approximate surface area is 243 Å². The fraction of sp³-hybridized carbons (Fsp3) is 0.346. The van der Waals surface area contributed by atoms with E-state index in [0.717, 1.165) is 21.5 Å². The molecular weight excluding hydrogens is 588 g/mol. The molecule has 11 nitrogen and oxygen atoms in total. The number of dihydropyridines is 1. The van der Waals surface area contributed by atoms with E-state index in [1.165, 1.54) is 20.8 Å². The summed E-state index contributed by atoms with van der Waals surface area (Å²) in [6.45, 7) is 0.736. The molecule has 0 unspecified atom stereocenters. The van der Waals surface area contributed by atoms with Crippen LogP contribution in [0.1, 0.15) is 34.9 Å². The summed E-state index contributed by atoms with van der Waals surface area (Å²) >= 11 is 6.26. The second kappa shape index (κ2) is 11.2. The van der Waals surface area contributed by atoms with E-state index >= 15 is 4.39 Å². The van der Waals surface area contributed by atoms with Gasteiger partial charge in [-0.25, -0.2) is 26.8 Å². The largest absolute Gasteiger partial charge is 0.485 e. The third kappa shape index (κ3) is 5.48. The third-order valence-corrected chi connectivity index (χ3v) is 6.49. The lowest BCUT2D eigenvalue weighted by molar-refractivity contribution is -0.120. The van der Waals surface area contributed by atoms with Crippen molar-refractivity contribution in [1.29, 1.82) is 0 Å². The number of halogens is 5. The van der Waals surface area contributed by atoms with E-state index in [1.807, 2.05) is 0 Å². The highest BCUT2D eigenvalue weighted by molar-refractivity contribution is 6.32. The zero-order chi connectivity index (χ0) is 32.1. The minimum absolute atomic E-state index is 0.0870. The number of pyridine rings is 2. The van der Waals surface area contributed by atoms with Crippen LogP contribution in [0.4, 0.5) is 17.6 Å². The van der Waals surface area contributed by atoms with E-state index in [0.29, 0.717) is 12.3 Å². The Morgan fingerprint density at radius 1 is 1.26 bits per heavy atom. The third-order valence-electron chi connectivity index (χ3n) is 6.14. The molecule has 0 spiro atoms. The Hall–Kier alpha value is -4.24. The maximum absolute atomic E-state index is 16.3. The van der Waals surface area contributed by atoms with Crippen LogP contribution >= 0.6 is 11.6 Å². The Morgan fingerprint density at radius 3 is 2.74 bits per heavy atom. The van der Waals surface area contributed by atoms with E-state index in [2.05, 4.69) is 20.4 Å². The number of amides is 1. The maximum Gasteiger partial charge on any atom is 0.280 e. The Kier molecular flexibility index (Phi) is 7.11. The number of rotatable bonds is 5. The van der Waals surface area contributed by atoms with Crippen LogP contribution in [0.25, 0.3) is 5.70 Å². The van der Waals surface area contributed by atoms with E-state index < -0.39 is 80.9 Å². The van der Waals surface area contributed by atoms with Crippen LogP contribution in [0.15, 0.2) is 40.1 Å². The number of nitrogens with one attached hydrogen (secondary N) is 1. The molecule has 0 fully saturated rings. The molecule has 222 valence electrons. The molecule has 1 atom stereocenters. The number of hydrogen-bond acceptors (Lipinski definition) is 8. The molecule has 1 amide bonds. The molecule has 0 radical (unpaired) electrons. The first-order chi connectivity index (χ1) is 20.6. The zero-order valence-electron chi connectivity index (χ0n) is 24.2. The molecule has 0 aromatic carbocycles. The summed E-state index contributed by atoms with van der Waals surface area (Å²) in [5.41, 5.74) is -3.97. The minimum Gasteiger partial charge on any atom is -0.485 e. The lowest BCUT2D eigenvalue weighted by atomic mass is 10.0. The van der Waals surface area contributed by atoms with Crippen molar-refractivity contribution >= 4 is 29.0 Å². The lowest BCUT2D eigenvalue weighted by Gasteiger charge is -2.29. The average molecular weight is 613 g/mol. The molecule has 16 heteroatoms. The van der Waals surface area contributed by atoms with Crippen molar-refractivity contribution in [1.82, 2.24) is 24.6 Å². The van der Waals surface area contributed by atoms with Gasteiger partial charge in [-0.1, -0.05) is 11.6 Å². The number of nitrogens with zero attached hydrogens (tertiary/aromatic N) is 5. The van der Waals surface area contributed by atoms with Gasteiger partial charge in [-0.05, 0) is 13.8 Å². The molecule has 5 rings (SSSR count). The van der Waals surface area contributed by atoms with Gasteiger partial charge in [0.2, 0.25) is 11.8 Å². The van der Waals surface area contributed by atoms with E-state index in [-0.39, 0.29) is 31.3 Å². The fourth-order valence-corrected chi connectivity index (χ4v) is 4.57. The van der Waals surface area contributed by atoms with Gasteiger partial charge in [0.05, 0.1) is 39.5 Å². The predicted octanol–water partition coefficient (Wildman–Crippen LogP) is 3.34. The van der Waals surface area contributed by atoms with E-state index in [4.69, 9.17) is 28.6 Å². The predicted molar refractivity (Wildman–Crippen MR) is 140 cm³/mol. The molecule has 0 saturated heterocycles. The molecule has 2 aliphatic heterocycles. The lowest BCUT2D eigenvalue weighted by Crippen LogP contribution is -2.41. The molecule has 5 heterocycles. The van der Waals surface area contributed by atoms with Crippen molar-refractivity contribution in [3.8, 4) is 11.6 Å². The molecule has 3 aromatic rings. The summed E-state index contributed by atoms with van der Waals surface area (Å²) in [5, 5.41) is 5.89. The number of ether oxygens (including phenoxy) is 3. The fourth-order valence-electron chi connectivity index (χ4n) is 4.39. The summed E-state index contributed by atoms with van der Waals surface area (Å²) in [7, 11) is 0. The van der Waals surface area contributed by atoms with Crippen molar-refractivity contribution in [3.05, 3.63) is 74.6 Å². The van der Waals surface area contributed by atoms with Gasteiger partial charge in [-0.2, -0.15) is 5.10 Å². The second-order valence-electron chi connectivity index (χ2n) is 9.64. The number of allylic oxidation sites excluding steroid dienone is 1. The number of aliphatic imine (C=N–C) groups is 1. The number of carbonyl (C=O) groups is 1. The highest BCUT2D eigenvalue weighted by Crippen LogP contribution is 2.34. The minimum atomic E-state index is -3.04.